The summed E-state index contributed by atoms with van der Waals surface area (Å²) in [6.07, 6.45) is 4.99. The van der Waals surface area contributed by atoms with Crippen molar-refractivity contribution in [1.29, 1.82) is 0 Å². The van der Waals surface area contributed by atoms with E-state index < -0.39 is 0 Å². The second-order valence-electron chi connectivity index (χ2n) is 4.35. The minimum atomic E-state index is -0.152. The van der Waals surface area contributed by atoms with E-state index in [9.17, 15) is 4.79 Å². The summed E-state index contributed by atoms with van der Waals surface area (Å²) in [6, 6.07) is 5.44. The number of carbonyl (C=O) groups is 1. The minimum absolute atomic E-state index is 0.145. The van der Waals surface area contributed by atoms with Crippen LogP contribution in [0.2, 0.25) is 0 Å². The molecule has 0 saturated heterocycles. The van der Waals surface area contributed by atoms with Crippen molar-refractivity contribution in [3.05, 3.63) is 58.1 Å². The maximum Gasteiger partial charge on any atom is 0.253 e. The van der Waals surface area contributed by atoms with Crippen LogP contribution in [0.5, 0.6) is 0 Å². The third-order valence-corrected chi connectivity index (χ3v) is 3.15. The summed E-state index contributed by atoms with van der Waals surface area (Å²) < 4.78 is 0.915. The molecule has 4 nitrogen and oxygen atoms in total. The molecule has 0 bridgehead atoms. The first-order valence-corrected chi connectivity index (χ1v) is 6.69. The maximum absolute atomic E-state index is 12.1. The largest absolute Gasteiger partial charge is 0.344 e. The molecule has 2 aromatic heterocycles. The smallest absolute Gasteiger partial charge is 0.253 e. The van der Waals surface area contributed by atoms with Gasteiger partial charge < -0.3 is 5.32 Å². The molecule has 1 unspecified atom stereocenters. The standard InChI is InChI=1S/C14H14BrN3O/c1-9-5-11(7-16-6-9)14(19)18-10(2)13-4-3-12(15)8-17-13/h3-8,10H,1-2H3,(H,18,19). The Morgan fingerprint density at radius 3 is 2.74 bits per heavy atom. The van der Waals surface area contributed by atoms with Crippen molar-refractivity contribution in [2.75, 3.05) is 0 Å². The first-order chi connectivity index (χ1) is 9.06. The molecule has 2 rings (SSSR count). The molecule has 0 aliphatic rings. The van der Waals surface area contributed by atoms with Gasteiger partial charge in [-0.25, -0.2) is 0 Å². The van der Waals surface area contributed by atoms with Gasteiger partial charge in [0.1, 0.15) is 0 Å². The number of aromatic nitrogens is 2. The van der Waals surface area contributed by atoms with Crippen molar-refractivity contribution >= 4 is 21.8 Å². The normalized spacial score (nSPS) is 11.9. The highest BCUT2D eigenvalue weighted by Gasteiger charge is 2.12. The lowest BCUT2D eigenvalue weighted by Crippen LogP contribution is -2.27. The lowest BCUT2D eigenvalue weighted by molar-refractivity contribution is 0.0938. The van der Waals surface area contributed by atoms with Crippen LogP contribution in [0.25, 0.3) is 0 Å². The van der Waals surface area contributed by atoms with Crippen molar-refractivity contribution in [3.8, 4) is 0 Å². The van der Waals surface area contributed by atoms with Gasteiger partial charge in [-0.3, -0.25) is 14.8 Å². The molecular weight excluding hydrogens is 306 g/mol. The van der Waals surface area contributed by atoms with E-state index in [1.165, 1.54) is 0 Å². The molecule has 0 aliphatic carbocycles. The highest BCUT2D eigenvalue weighted by molar-refractivity contribution is 9.10. The van der Waals surface area contributed by atoms with Crippen molar-refractivity contribution in [2.24, 2.45) is 0 Å². The number of hydrogen-bond acceptors (Lipinski definition) is 3. The first kappa shape index (κ1) is 13.7. The zero-order valence-corrected chi connectivity index (χ0v) is 12.3. The number of halogens is 1. The van der Waals surface area contributed by atoms with Gasteiger partial charge in [-0.1, -0.05) is 0 Å². The van der Waals surface area contributed by atoms with Crippen molar-refractivity contribution in [2.45, 2.75) is 19.9 Å². The molecule has 0 aliphatic heterocycles. The van der Waals surface area contributed by atoms with Crippen LogP contribution in [-0.4, -0.2) is 15.9 Å². The SMILES string of the molecule is Cc1cncc(C(=O)NC(C)c2ccc(Br)cn2)c1. The molecule has 0 aromatic carbocycles. The fourth-order valence-electron chi connectivity index (χ4n) is 1.68. The molecule has 98 valence electrons. The van der Waals surface area contributed by atoms with Crippen LogP contribution >= 0.6 is 15.9 Å². The van der Waals surface area contributed by atoms with Gasteiger partial charge in [0.25, 0.3) is 5.91 Å². The second kappa shape index (κ2) is 5.93. The Hall–Kier alpha value is -1.75. The highest BCUT2D eigenvalue weighted by Crippen LogP contribution is 2.14. The summed E-state index contributed by atoms with van der Waals surface area (Å²) in [5.41, 5.74) is 2.34. The number of carbonyl (C=O) groups excluding carboxylic acids is 1. The fraction of sp³-hybridized carbons (Fsp3) is 0.214. The fourth-order valence-corrected chi connectivity index (χ4v) is 1.91. The quantitative estimate of drug-likeness (QED) is 0.946. The summed E-state index contributed by atoms with van der Waals surface area (Å²) in [5.74, 6) is -0.145. The van der Waals surface area contributed by atoms with Gasteiger partial charge in [0, 0.05) is 23.1 Å². The maximum atomic E-state index is 12.1. The molecular formula is C14H14BrN3O. The van der Waals surface area contributed by atoms with Crippen LogP contribution in [0, 0.1) is 6.92 Å². The van der Waals surface area contributed by atoms with Crippen LogP contribution in [0.15, 0.2) is 41.3 Å². The van der Waals surface area contributed by atoms with E-state index >= 15 is 0 Å². The molecule has 1 amide bonds. The lowest BCUT2D eigenvalue weighted by atomic mass is 10.1. The molecule has 1 atom stereocenters. The molecule has 2 aromatic rings. The zero-order chi connectivity index (χ0) is 13.8. The topological polar surface area (TPSA) is 54.9 Å². The second-order valence-corrected chi connectivity index (χ2v) is 5.26. The lowest BCUT2D eigenvalue weighted by Gasteiger charge is -2.13. The van der Waals surface area contributed by atoms with E-state index in [0.29, 0.717) is 5.56 Å². The summed E-state index contributed by atoms with van der Waals surface area (Å²) in [7, 11) is 0. The number of nitrogens with zero attached hydrogens (tertiary/aromatic N) is 2. The highest BCUT2D eigenvalue weighted by atomic mass is 79.9. The van der Waals surface area contributed by atoms with Crippen LogP contribution in [0.3, 0.4) is 0 Å². The number of nitrogens with one attached hydrogen (secondary N) is 1. The number of hydrogen-bond donors (Lipinski definition) is 1. The Bertz CT molecular complexity index is 583. The number of aryl methyl sites for hydroxylation is 1. The third-order valence-electron chi connectivity index (χ3n) is 2.68. The van der Waals surface area contributed by atoms with E-state index in [-0.39, 0.29) is 11.9 Å². The Morgan fingerprint density at radius 2 is 2.11 bits per heavy atom. The van der Waals surface area contributed by atoms with E-state index in [1.807, 2.05) is 32.0 Å². The van der Waals surface area contributed by atoms with Crippen LogP contribution in [0.1, 0.15) is 34.6 Å². The number of rotatable bonds is 3. The van der Waals surface area contributed by atoms with E-state index in [0.717, 1.165) is 15.7 Å². The Kier molecular flexibility index (Phi) is 4.27. The molecule has 5 heteroatoms. The van der Waals surface area contributed by atoms with E-state index in [2.05, 4.69) is 31.2 Å². The van der Waals surface area contributed by atoms with E-state index in [4.69, 9.17) is 0 Å². The van der Waals surface area contributed by atoms with Crippen molar-refractivity contribution in [3.63, 3.8) is 0 Å². The van der Waals surface area contributed by atoms with E-state index in [1.54, 1.807) is 18.6 Å². The van der Waals surface area contributed by atoms with Crippen molar-refractivity contribution < 1.29 is 4.79 Å². The Labute approximate surface area is 120 Å². The Balaban J connectivity index is 2.08. The van der Waals surface area contributed by atoms with Crippen LogP contribution < -0.4 is 5.32 Å². The Morgan fingerprint density at radius 1 is 1.32 bits per heavy atom. The van der Waals surface area contributed by atoms with Gasteiger partial charge >= 0.3 is 0 Å². The average Bonchev–Trinajstić information content (AvgIpc) is 2.39. The molecule has 0 saturated carbocycles. The van der Waals surface area contributed by atoms with Crippen LogP contribution in [0.4, 0.5) is 0 Å². The molecule has 0 spiro atoms. The third kappa shape index (κ3) is 3.61. The molecule has 19 heavy (non-hydrogen) atoms. The summed E-state index contributed by atoms with van der Waals surface area (Å²) >= 11 is 3.33. The average molecular weight is 320 g/mol. The zero-order valence-electron chi connectivity index (χ0n) is 10.7. The molecule has 1 N–H and O–H groups in total. The molecule has 0 fully saturated rings. The first-order valence-electron chi connectivity index (χ1n) is 5.90. The van der Waals surface area contributed by atoms with Gasteiger partial charge in [-0.2, -0.15) is 0 Å². The van der Waals surface area contributed by atoms with Gasteiger partial charge in [0.05, 0.1) is 17.3 Å². The summed E-state index contributed by atoms with van der Waals surface area (Å²) in [4.78, 5) is 20.3. The van der Waals surface area contributed by atoms with Gasteiger partial charge in [-0.15, -0.1) is 0 Å². The summed E-state index contributed by atoms with van der Waals surface area (Å²) in [5, 5.41) is 2.90. The molecule has 0 radical (unpaired) electrons. The van der Waals surface area contributed by atoms with Crippen molar-refractivity contribution in [1.82, 2.24) is 15.3 Å². The van der Waals surface area contributed by atoms with Gasteiger partial charge in [-0.05, 0) is 53.5 Å². The number of pyridine rings is 2. The van der Waals surface area contributed by atoms with Gasteiger partial charge in [0.15, 0.2) is 0 Å². The molecule has 2 heterocycles. The van der Waals surface area contributed by atoms with Gasteiger partial charge in [0.2, 0.25) is 0 Å². The summed E-state index contributed by atoms with van der Waals surface area (Å²) in [6.45, 7) is 3.81. The predicted octanol–water partition coefficient (Wildman–Crippen LogP) is 3.04. The predicted molar refractivity (Wildman–Crippen MR) is 76.8 cm³/mol. The minimum Gasteiger partial charge on any atom is -0.344 e. The monoisotopic (exact) mass is 319 g/mol. The number of amides is 1. The van der Waals surface area contributed by atoms with Crippen LogP contribution in [-0.2, 0) is 0 Å².